The molecule has 0 fully saturated rings. The highest BCUT2D eigenvalue weighted by Gasteiger charge is 2.11. The molecule has 0 radical (unpaired) electrons. The maximum absolute atomic E-state index is 12.5. The molecule has 0 atom stereocenters. The van der Waals surface area contributed by atoms with Crippen LogP contribution in [-0.4, -0.2) is 14.6 Å². The topological polar surface area (TPSA) is 47.3 Å². The summed E-state index contributed by atoms with van der Waals surface area (Å²) < 4.78 is 1.87. The first kappa shape index (κ1) is 15.3. The number of nitrogens with zero attached hydrogens (tertiary/aromatic N) is 3. The Labute approximate surface area is 150 Å². The highest BCUT2D eigenvalue weighted by Crippen LogP contribution is 2.23. The van der Waals surface area contributed by atoms with Gasteiger partial charge in [0.2, 0.25) is 4.96 Å². The fourth-order valence-corrected chi connectivity index (χ4v) is 3.51. The van der Waals surface area contributed by atoms with Crippen LogP contribution in [0.5, 0.6) is 0 Å². The van der Waals surface area contributed by atoms with Crippen LogP contribution in [-0.2, 0) is 0 Å². The number of thiazole rings is 1. The predicted molar refractivity (Wildman–Crippen MR) is 97.8 cm³/mol. The smallest absolute Gasteiger partial charge is 0.266 e. The quantitative estimate of drug-likeness (QED) is 0.538. The lowest BCUT2D eigenvalue weighted by molar-refractivity contribution is 0.937. The van der Waals surface area contributed by atoms with Gasteiger partial charge in [-0.3, -0.25) is 4.79 Å². The molecule has 4 nitrogen and oxygen atoms in total. The van der Waals surface area contributed by atoms with Gasteiger partial charge in [-0.2, -0.15) is 9.50 Å². The van der Waals surface area contributed by atoms with Gasteiger partial charge in [-0.15, -0.1) is 5.10 Å². The summed E-state index contributed by atoms with van der Waals surface area (Å²) in [6, 6.07) is 14.8. The number of aromatic nitrogens is 3. The number of hydrogen-bond acceptors (Lipinski definition) is 4. The van der Waals surface area contributed by atoms with E-state index in [1.165, 1.54) is 15.9 Å². The molecule has 0 amide bonds. The number of rotatable bonds is 2. The van der Waals surface area contributed by atoms with E-state index in [1.54, 1.807) is 24.3 Å². The van der Waals surface area contributed by atoms with Gasteiger partial charge in [0, 0.05) is 5.56 Å². The third kappa shape index (κ3) is 2.71. The van der Waals surface area contributed by atoms with E-state index in [2.05, 4.69) is 10.1 Å². The van der Waals surface area contributed by atoms with Crippen LogP contribution in [0, 0.1) is 0 Å². The van der Waals surface area contributed by atoms with Crippen LogP contribution in [0.4, 0.5) is 0 Å². The summed E-state index contributed by atoms with van der Waals surface area (Å²) in [5.74, 6) is 0.542. The molecular formula is C17H9Cl2N3OS. The predicted octanol–water partition coefficient (Wildman–Crippen LogP) is 3.67. The van der Waals surface area contributed by atoms with Crippen molar-refractivity contribution in [3.63, 3.8) is 0 Å². The standard InChI is InChI=1S/C17H9Cl2N3OS/c18-12-7-6-10(8-13(12)19)9-14-16(23)22-17(24-14)20-15(21-22)11-4-2-1-3-5-11/h1-9H/b14-9-. The van der Waals surface area contributed by atoms with Crippen molar-refractivity contribution >= 4 is 45.6 Å². The van der Waals surface area contributed by atoms with Gasteiger partial charge in [0.25, 0.3) is 5.56 Å². The number of benzene rings is 2. The molecule has 4 aromatic rings. The van der Waals surface area contributed by atoms with Gasteiger partial charge in [0.15, 0.2) is 5.82 Å². The van der Waals surface area contributed by atoms with Crippen LogP contribution in [0.1, 0.15) is 5.56 Å². The molecule has 118 valence electrons. The van der Waals surface area contributed by atoms with Crippen LogP contribution >= 0.6 is 34.5 Å². The number of fused-ring (bicyclic) bond motifs is 1. The summed E-state index contributed by atoms with van der Waals surface area (Å²) >= 11 is 13.2. The summed E-state index contributed by atoms with van der Waals surface area (Å²) in [5, 5.41) is 5.24. The fourth-order valence-electron chi connectivity index (χ4n) is 2.30. The number of halogens is 2. The Morgan fingerprint density at radius 2 is 1.83 bits per heavy atom. The van der Waals surface area contributed by atoms with E-state index in [0.717, 1.165) is 11.1 Å². The van der Waals surface area contributed by atoms with E-state index >= 15 is 0 Å². The first-order valence-corrected chi connectivity index (χ1v) is 8.61. The van der Waals surface area contributed by atoms with Crippen LogP contribution in [0.25, 0.3) is 22.4 Å². The molecule has 0 saturated carbocycles. The molecule has 0 N–H and O–H groups in total. The molecule has 2 aromatic carbocycles. The first-order valence-electron chi connectivity index (χ1n) is 7.03. The average Bonchev–Trinajstić information content (AvgIpc) is 3.12. The van der Waals surface area contributed by atoms with Gasteiger partial charge >= 0.3 is 0 Å². The van der Waals surface area contributed by atoms with Crippen molar-refractivity contribution in [3.05, 3.63) is 79.0 Å². The maximum Gasteiger partial charge on any atom is 0.291 e. The minimum Gasteiger partial charge on any atom is -0.266 e. The lowest BCUT2D eigenvalue weighted by atomic mass is 10.2. The maximum atomic E-state index is 12.5. The third-order valence-electron chi connectivity index (χ3n) is 3.46. The molecule has 0 unspecified atom stereocenters. The average molecular weight is 374 g/mol. The Kier molecular flexibility index (Phi) is 3.84. The van der Waals surface area contributed by atoms with Gasteiger partial charge in [0.1, 0.15) is 0 Å². The fraction of sp³-hybridized carbons (Fsp3) is 0. The summed E-state index contributed by atoms with van der Waals surface area (Å²) in [7, 11) is 0. The normalized spacial score (nSPS) is 12.2. The van der Waals surface area contributed by atoms with E-state index in [0.29, 0.717) is 25.4 Å². The molecule has 0 aliphatic heterocycles. The Balaban J connectivity index is 1.82. The summed E-state index contributed by atoms with van der Waals surface area (Å²) in [6.07, 6.45) is 1.76. The van der Waals surface area contributed by atoms with Gasteiger partial charge in [0.05, 0.1) is 14.6 Å². The molecule has 24 heavy (non-hydrogen) atoms. The van der Waals surface area contributed by atoms with E-state index in [9.17, 15) is 4.79 Å². The minimum absolute atomic E-state index is 0.198. The molecule has 4 rings (SSSR count). The van der Waals surface area contributed by atoms with Crippen molar-refractivity contribution in [1.82, 2.24) is 14.6 Å². The minimum atomic E-state index is -0.198. The molecule has 2 aromatic heterocycles. The molecule has 0 spiro atoms. The first-order chi connectivity index (χ1) is 11.6. The van der Waals surface area contributed by atoms with Crippen molar-refractivity contribution in [1.29, 1.82) is 0 Å². The zero-order chi connectivity index (χ0) is 16.7. The second-order valence-corrected chi connectivity index (χ2v) is 6.91. The molecular weight excluding hydrogens is 365 g/mol. The summed E-state index contributed by atoms with van der Waals surface area (Å²) in [4.78, 5) is 17.5. The van der Waals surface area contributed by atoms with Crippen LogP contribution in [0.15, 0.2) is 53.3 Å². The molecule has 0 saturated heterocycles. The van der Waals surface area contributed by atoms with Crippen molar-refractivity contribution in [2.45, 2.75) is 0 Å². The highest BCUT2D eigenvalue weighted by atomic mass is 35.5. The monoisotopic (exact) mass is 373 g/mol. The largest absolute Gasteiger partial charge is 0.291 e. The highest BCUT2D eigenvalue weighted by molar-refractivity contribution is 7.15. The summed E-state index contributed by atoms with van der Waals surface area (Å²) in [6.45, 7) is 0. The Morgan fingerprint density at radius 1 is 1.04 bits per heavy atom. The molecule has 7 heteroatoms. The Hall–Kier alpha value is -2.21. The number of hydrogen-bond donors (Lipinski definition) is 0. The zero-order valence-electron chi connectivity index (χ0n) is 12.1. The second-order valence-electron chi connectivity index (χ2n) is 5.09. The lowest BCUT2D eigenvalue weighted by Gasteiger charge is -1.96. The van der Waals surface area contributed by atoms with Crippen molar-refractivity contribution in [2.75, 3.05) is 0 Å². The molecule has 0 bridgehead atoms. The third-order valence-corrected chi connectivity index (χ3v) is 5.15. The Morgan fingerprint density at radius 3 is 2.54 bits per heavy atom. The van der Waals surface area contributed by atoms with Crippen LogP contribution in [0.2, 0.25) is 10.0 Å². The molecule has 0 aliphatic rings. The SMILES string of the molecule is O=c1/c(=C/c2ccc(Cl)c(Cl)c2)sc2nc(-c3ccccc3)nn12. The lowest BCUT2D eigenvalue weighted by Crippen LogP contribution is -2.23. The zero-order valence-corrected chi connectivity index (χ0v) is 14.4. The molecule has 0 aliphatic carbocycles. The van der Waals surface area contributed by atoms with Gasteiger partial charge in [-0.05, 0) is 23.8 Å². The van der Waals surface area contributed by atoms with Crippen molar-refractivity contribution < 1.29 is 0 Å². The van der Waals surface area contributed by atoms with Crippen LogP contribution < -0.4 is 10.1 Å². The molecule has 2 heterocycles. The van der Waals surface area contributed by atoms with E-state index in [4.69, 9.17) is 23.2 Å². The Bertz CT molecular complexity index is 1150. The van der Waals surface area contributed by atoms with Gasteiger partial charge in [-0.25, -0.2) is 0 Å². The van der Waals surface area contributed by atoms with Crippen molar-refractivity contribution in [3.8, 4) is 11.4 Å². The van der Waals surface area contributed by atoms with E-state index in [1.807, 2.05) is 30.3 Å². The summed E-state index contributed by atoms with van der Waals surface area (Å²) in [5.41, 5.74) is 1.48. The van der Waals surface area contributed by atoms with Crippen molar-refractivity contribution in [2.24, 2.45) is 0 Å². The van der Waals surface area contributed by atoms with Crippen LogP contribution in [0.3, 0.4) is 0 Å². The van der Waals surface area contributed by atoms with Gasteiger partial charge < -0.3 is 0 Å². The van der Waals surface area contributed by atoms with E-state index < -0.39 is 0 Å². The van der Waals surface area contributed by atoms with Gasteiger partial charge in [-0.1, -0.05) is 70.9 Å². The van der Waals surface area contributed by atoms with E-state index in [-0.39, 0.29) is 5.56 Å². The second kappa shape index (κ2) is 6.02.